The van der Waals surface area contributed by atoms with Crippen LogP contribution in [0.2, 0.25) is 0 Å². The van der Waals surface area contributed by atoms with Crippen LogP contribution in [0, 0.1) is 0 Å². The molecular weight excluding hydrogens is 268 g/mol. The van der Waals surface area contributed by atoms with Gasteiger partial charge in [-0.3, -0.25) is 9.97 Å². The molecule has 2 aromatic rings. The average Bonchev–Trinajstić information content (AvgIpc) is 2.51. The summed E-state index contributed by atoms with van der Waals surface area (Å²) in [6.07, 6.45) is 14.0. The Morgan fingerprint density at radius 3 is 2.32 bits per heavy atom. The normalized spacial score (nSPS) is 18.0. The van der Waals surface area contributed by atoms with E-state index in [0.717, 1.165) is 25.7 Å². The predicted octanol–water partition coefficient (Wildman–Crippen LogP) is 4.02. The summed E-state index contributed by atoms with van der Waals surface area (Å²) >= 11 is 0. The zero-order valence-corrected chi connectivity index (χ0v) is 13.3. The number of fused-ring (bicyclic) bond motifs is 3. The first-order chi connectivity index (χ1) is 10.9. The summed E-state index contributed by atoms with van der Waals surface area (Å²) in [4.78, 5) is 9.70. The molecule has 0 fully saturated rings. The van der Waals surface area contributed by atoms with Crippen molar-refractivity contribution in [3.63, 3.8) is 0 Å². The van der Waals surface area contributed by atoms with Crippen LogP contribution in [0.1, 0.15) is 59.5 Å². The third kappa shape index (κ3) is 2.79. The van der Waals surface area contributed by atoms with Crippen LogP contribution in [0.25, 0.3) is 0 Å². The maximum Gasteiger partial charge on any atom is 0.0442 e. The van der Waals surface area contributed by atoms with Gasteiger partial charge in [0.15, 0.2) is 0 Å². The van der Waals surface area contributed by atoms with E-state index in [0.29, 0.717) is 0 Å². The van der Waals surface area contributed by atoms with Crippen molar-refractivity contribution in [2.24, 2.45) is 0 Å². The second-order valence-corrected chi connectivity index (χ2v) is 6.72. The monoisotopic (exact) mass is 292 g/mol. The first-order valence-electron chi connectivity index (χ1n) is 8.83. The molecule has 0 spiro atoms. The molecule has 2 aromatic heterocycles. The molecular formula is C20H24N2. The molecule has 0 bridgehead atoms. The lowest BCUT2D eigenvalue weighted by molar-refractivity contribution is 0.604. The van der Waals surface area contributed by atoms with Crippen molar-refractivity contribution in [2.45, 2.75) is 64.2 Å². The van der Waals surface area contributed by atoms with Crippen LogP contribution in [-0.2, 0) is 38.5 Å². The Hall–Kier alpha value is -1.70. The smallest absolute Gasteiger partial charge is 0.0442 e. The minimum atomic E-state index is 1.06. The SMILES string of the molecule is c1cnc2c(c1)CCc1nc3c(cc1CC2)CCCCCC3. The summed E-state index contributed by atoms with van der Waals surface area (Å²) in [5, 5.41) is 0. The number of aromatic nitrogens is 2. The molecule has 2 aliphatic carbocycles. The Kier molecular flexibility index (Phi) is 3.92. The number of rotatable bonds is 0. The van der Waals surface area contributed by atoms with Gasteiger partial charge in [-0.2, -0.15) is 0 Å². The van der Waals surface area contributed by atoms with Gasteiger partial charge in [0.25, 0.3) is 0 Å². The van der Waals surface area contributed by atoms with Gasteiger partial charge in [-0.25, -0.2) is 0 Å². The van der Waals surface area contributed by atoms with E-state index in [1.54, 1.807) is 0 Å². The molecule has 2 aliphatic rings. The summed E-state index contributed by atoms with van der Waals surface area (Å²) in [6.45, 7) is 0. The summed E-state index contributed by atoms with van der Waals surface area (Å²) in [6, 6.07) is 6.78. The van der Waals surface area contributed by atoms with Crippen LogP contribution >= 0.6 is 0 Å². The van der Waals surface area contributed by atoms with Crippen molar-refractivity contribution < 1.29 is 0 Å². The van der Waals surface area contributed by atoms with Crippen LogP contribution < -0.4 is 0 Å². The third-order valence-electron chi connectivity index (χ3n) is 5.22. The van der Waals surface area contributed by atoms with Gasteiger partial charge in [-0.15, -0.1) is 0 Å². The van der Waals surface area contributed by atoms with Crippen LogP contribution in [0.15, 0.2) is 24.4 Å². The summed E-state index contributed by atoms with van der Waals surface area (Å²) < 4.78 is 0. The molecule has 0 amide bonds. The number of nitrogens with zero attached hydrogens (tertiary/aromatic N) is 2. The molecule has 0 radical (unpaired) electrons. The zero-order valence-electron chi connectivity index (χ0n) is 13.3. The maximum atomic E-state index is 5.11. The van der Waals surface area contributed by atoms with Gasteiger partial charge < -0.3 is 0 Å². The molecule has 2 heterocycles. The Morgan fingerprint density at radius 2 is 1.36 bits per heavy atom. The number of hydrogen-bond donors (Lipinski definition) is 0. The second-order valence-electron chi connectivity index (χ2n) is 6.72. The van der Waals surface area contributed by atoms with E-state index in [-0.39, 0.29) is 0 Å². The van der Waals surface area contributed by atoms with Gasteiger partial charge in [-0.05, 0) is 74.1 Å². The molecule has 0 N–H and O–H groups in total. The number of pyridine rings is 2. The average molecular weight is 292 g/mol. The molecule has 0 saturated heterocycles. The molecule has 0 unspecified atom stereocenters. The van der Waals surface area contributed by atoms with E-state index in [1.165, 1.54) is 72.3 Å². The Bertz CT molecular complexity index is 617. The van der Waals surface area contributed by atoms with Gasteiger partial charge in [0.05, 0.1) is 0 Å². The Labute approximate surface area is 133 Å². The zero-order chi connectivity index (χ0) is 14.8. The van der Waals surface area contributed by atoms with Gasteiger partial charge in [-0.1, -0.05) is 25.0 Å². The van der Waals surface area contributed by atoms with Gasteiger partial charge in [0.1, 0.15) is 0 Å². The maximum absolute atomic E-state index is 5.11. The molecule has 0 aromatic carbocycles. The standard InChI is InChI=1S/C20H24N2/c1-2-4-8-19-16(6-3-1)14-17-10-11-18-15(7-5-13-21-18)9-12-20(17)22-19/h5,7,13-14H,1-4,6,8-12H2. The minimum absolute atomic E-state index is 1.06. The van der Waals surface area contributed by atoms with Crippen molar-refractivity contribution in [3.8, 4) is 0 Å². The summed E-state index contributed by atoms with van der Waals surface area (Å²) in [5.41, 5.74) is 8.47. The molecule has 0 aliphatic heterocycles. The Morgan fingerprint density at radius 1 is 0.636 bits per heavy atom. The van der Waals surface area contributed by atoms with Crippen LogP contribution in [0.5, 0.6) is 0 Å². The molecule has 2 nitrogen and oxygen atoms in total. The lowest BCUT2D eigenvalue weighted by Crippen LogP contribution is -2.13. The molecule has 22 heavy (non-hydrogen) atoms. The van der Waals surface area contributed by atoms with E-state index in [4.69, 9.17) is 4.98 Å². The van der Waals surface area contributed by atoms with Crippen molar-refractivity contribution in [1.29, 1.82) is 0 Å². The molecule has 4 rings (SSSR count). The van der Waals surface area contributed by atoms with Crippen molar-refractivity contribution in [3.05, 3.63) is 58.2 Å². The third-order valence-corrected chi connectivity index (χ3v) is 5.22. The fourth-order valence-electron chi connectivity index (χ4n) is 3.94. The highest BCUT2D eigenvalue weighted by Gasteiger charge is 2.17. The minimum Gasteiger partial charge on any atom is -0.261 e. The first-order valence-corrected chi connectivity index (χ1v) is 8.83. The van der Waals surface area contributed by atoms with Crippen LogP contribution in [0.3, 0.4) is 0 Å². The quantitative estimate of drug-likeness (QED) is 0.733. The van der Waals surface area contributed by atoms with E-state index in [1.807, 2.05) is 6.20 Å². The van der Waals surface area contributed by atoms with E-state index < -0.39 is 0 Å². The predicted molar refractivity (Wildman–Crippen MR) is 89.2 cm³/mol. The van der Waals surface area contributed by atoms with E-state index >= 15 is 0 Å². The van der Waals surface area contributed by atoms with E-state index in [9.17, 15) is 0 Å². The lowest BCUT2D eigenvalue weighted by atomic mass is 9.90. The molecule has 0 saturated carbocycles. The van der Waals surface area contributed by atoms with Gasteiger partial charge in [0, 0.05) is 23.3 Å². The van der Waals surface area contributed by atoms with Gasteiger partial charge >= 0.3 is 0 Å². The molecule has 114 valence electrons. The molecule has 0 atom stereocenters. The topological polar surface area (TPSA) is 25.8 Å². The Balaban J connectivity index is 1.67. The second kappa shape index (κ2) is 6.20. The number of aryl methyl sites for hydroxylation is 6. The van der Waals surface area contributed by atoms with E-state index in [2.05, 4.69) is 23.2 Å². The summed E-state index contributed by atoms with van der Waals surface area (Å²) in [7, 11) is 0. The lowest BCUT2D eigenvalue weighted by Gasteiger charge is -2.20. The largest absolute Gasteiger partial charge is 0.261 e. The highest BCUT2D eigenvalue weighted by molar-refractivity contribution is 5.35. The van der Waals surface area contributed by atoms with Crippen LogP contribution in [0.4, 0.5) is 0 Å². The fourth-order valence-corrected chi connectivity index (χ4v) is 3.94. The van der Waals surface area contributed by atoms with Gasteiger partial charge in [0.2, 0.25) is 0 Å². The fraction of sp³-hybridized carbons (Fsp3) is 0.500. The molecule has 2 heteroatoms. The first kappa shape index (κ1) is 13.9. The highest BCUT2D eigenvalue weighted by atomic mass is 14.7. The highest BCUT2D eigenvalue weighted by Crippen LogP contribution is 2.25. The van der Waals surface area contributed by atoms with Crippen molar-refractivity contribution in [2.75, 3.05) is 0 Å². The number of hydrogen-bond acceptors (Lipinski definition) is 2. The van der Waals surface area contributed by atoms with Crippen molar-refractivity contribution >= 4 is 0 Å². The summed E-state index contributed by atoms with van der Waals surface area (Å²) in [5.74, 6) is 0. The van der Waals surface area contributed by atoms with Crippen molar-refractivity contribution in [1.82, 2.24) is 9.97 Å². The van der Waals surface area contributed by atoms with Crippen LogP contribution in [-0.4, -0.2) is 9.97 Å².